The summed E-state index contributed by atoms with van der Waals surface area (Å²) >= 11 is 5.81. The Balaban J connectivity index is 1.63. The molecule has 2 aromatic rings. The fourth-order valence-corrected chi connectivity index (χ4v) is 3.31. The number of aromatic nitrogens is 2. The number of benzene rings is 1. The minimum Gasteiger partial charge on any atom is -0.480 e. The lowest BCUT2D eigenvalue weighted by molar-refractivity contribution is -0.136. The van der Waals surface area contributed by atoms with Gasteiger partial charge in [-0.15, -0.1) is 0 Å². The highest BCUT2D eigenvalue weighted by molar-refractivity contribution is 6.31. The van der Waals surface area contributed by atoms with Crippen LogP contribution in [0.5, 0.6) is 0 Å². The van der Waals surface area contributed by atoms with E-state index in [4.69, 9.17) is 16.7 Å². The van der Waals surface area contributed by atoms with Gasteiger partial charge in [0, 0.05) is 31.4 Å². The molecule has 3 N–H and O–H groups in total. The van der Waals surface area contributed by atoms with Crippen LogP contribution in [0.3, 0.4) is 0 Å². The largest absolute Gasteiger partial charge is 0.480 e. The van der Waals surface area contributed by atoms with Crippen molar-refractivity contribution in [3.05, 3.63) is 41.4 Å². The van der Waals surface area contributed by atoms with Crippen molar-refractivity contribution in [1.29, 1.82) is 0 Å². The second-order valence-electron chi connectivity index (χ2n) is 6.49. The lowest BCUT2D eigenvalue weighted by Crippen LogP contribution is -2.41. The summed E-state index contributed by atoms with van der Waals surface area (Å²) in [6.45, 7) is 2.31. The number of carboxylic acids is 1. The Morgan fingerprint density at radius 1 is 1.37 bits per heavy atom. The van der Waals surface area contributed by atoms with Gasteiger partial charge in [0.15, 0.2) is 0 Å². The number of carboxylic acid groups (broad SMARTS) is 1. The summed E-state index contributed by atoms with van der Waals surface area (Å²) in [6, 6.07) is 6.23. The smallest absolute Gasteiger partial charge is 0.317 e. The molecule has 3 rings (SSSR count). The van der Waals surface area contributed by atoms with Crippen LogP contribution in [-0.4, -0.2) is 47.2 Å². The van der Waals surface area contributed by atoms with Crippen molar-refractivity contribution in [3.63, 3.8) is 0 Å². The number of piperidine rings is 1. The van der Waals surface area contributed by atoms with Crippen molar-refractivity contribution < 1.29 is 14.3 Å². The van der Waals surface area contributed by atoms with E-state index in [2.05, 4.69) is 25.5 Å². The molecule has 2 heterocycles. The summed E-state index contributed by atoms with van der Waals surface area (Å²) in [7, 11) is 0. The lowest BCUT2D eigenvalue weighted by atomic mass is 9.98. The van der Waals surface area contributed by atoms with Crippen LogP contribution in [0.2, 0.25) is 5.02 Å². The third kappa shape index (κ3) is 5.51. The van der Waals surface area contributed by atoms with Crippen molar-refractivity contribution in [2.45, 2.75) is 12.8 Å². The predicted molar refractivity (Wildman–Crippen MR) is 102 cm³/mol. The third-order valence-corrected chi connectivity index (χ3v) is 4.69. The van der Waals surface area contributed by atoms with E-state index in [1.165, 1.54) is 18.5 Å². The zero-order chi connectivity index (χ0) is 19.2. The van der Waals surface area contributed by atoms with Crippen LogP contribution < -0.4 is 15.5 Å². The van der Waals surface area contributed by atoms with Gasteiger partial charge in [-0.1, -0.05) is 11.6 Å². The number of anilines is 3. The van der Waals surface area contributed by atoms with E-state index in [0.29, 0.717) is 24.0 Å². The van der Waals surface area contributed by atoms with Crippen molar-refractivity contribution in [3.8, 4) is 0 Å². The molecule has 27 heavy (non-hydrogen) atoms. The Bertz CT molecular complexity index is 807. The van der Waals surface area contributed by atoms with E-state index >= 15 is 0 Å². The van der Waals surface area contributed by atoms with Crippen LogP contribution in [0.4, 0.5) is 21.7 Å². The summed E-state index contributed by atoms with van der Waals surface area (Å²) in [6.07, 6.45) is 3.54. The Hall–Kier alpha value is -2.45. The number of carbonyl (C=O) groups is 1. The number of halogens is 2. The molecule has 1 unspecified atom stereocenters. The quantitative estimate of drug-likeness (QED) is 0.666. The number of nitrogens with one attached hydrogen (secondary N) is 2. The zero-order valence-corrected chi connectivity index (χ0v) is 15.4. The monoisotopic (exact) mass is 393 g/mol. The molecule has 0 saturated carbocycles. The minimum absolute atomic E-state index is 0.0295. The fraction of sp³-hybridized carbons (Fsp3) is 0.389. The summed E-state index contributed by atoms with van der Waals surface area (Å²) in [5, 5.41) is 14.8. The van der Waals surface area contributed by atoms with Crippen LogP contribution in [0.1, 0.15) is 12.8 Å². The first kappa shape index (κ1) is 19.3. The maximum Gasteiger partial charge on any atom is 0.317 e. The lowest BCUT2D eigenvalue weighted by Gasteiger charge is -2.33. The van der Waals surface area contributed by atoms with Crippen LogP contribution in [0.25, 0.3) is 0 Å². The van der Waals surface area contributed by atoms with Gasteiger partial charge in [0.2, 0.25) is 0 Å². The Morgan fingerprint density at radius 2 is 2.22 bits per heavy atom. The number of nitrogens with zero attached hydrogens (tertiary/aromatic N) is 3. The molecule has 1 saturated heterocycles. The van der Waals surface area contributed by atoms with Gasteiger partial charge in [-0.25, -0.2) is 14.4 Å². The van der Waals surface area contributed by atoms with E-state index < -0.39 is 11.8 Å². The van der Waals surface area contributed by atoms with Crippen LogP contribution in [0.15, 0.2) is 30.6 Å². The van der Waals surface area contributed by atoms with Gasteiger partial charge in [0.05, 0.1) is 11.6 Å². The molecule has 1 aromatic heterocycles. The number of aliphatic carboxylic acids is 1. The molecule has 1 aromatic carbocycles. The zero-order valence-electron chi connectivity index (χ0n) is 14.7. The molecule has 1 aliphatic heterocycles. The molecule has 7 nitrogen and oxygen atoms in total. The average Bonchev–Trinajstić information content (AvgIpc) is 2.65. The summed E-state index contributed by atoms with van der Waals surface area (Å²) < 4.78 is 13.3. The molecule has 144 valence electrons. The van der Waals surface area contributed by atoms with Crippen LogP contribution in [-0.2, 0) is 4.79 Å². The average molecular weight is 394 g/mol. The van der Waals surface area contributed by atoms with Crippen LogP contribution >= 0.6 is 11.6 Å². The third-order valence-electron chi connectivity index (χ3n) is 4.40. The van der Waals surface area contributed by atoms with Gasteiger partial charge in [-0.2, -0.15) is 0 Å². The van der Waals surface area contributed by atoms with Crippen molar-refractivity contribution in [2.24, 2.45) is 5.92 Å². The normalized spacial score (nSPS) is 17.0. The van der Waals surface area contributed by atoms with Gasteiger partial charge in [0.25, 0.3) is 0 Å². The molecule has 1 atom stereocenters. The molecular formula is C18H21ClFN5O2. The fourth-order valence-electron chi connectivity index (χ4n) is 3.13. The highest BCUT2D eigenvalue weighted by Gasteiger charge is 2.21. The van der Waals surface area contributed by atoms with Crippen molar-refractivity contribution in [2.75, 3.05) is 36.4 Å². The van der Waals surface area contributed by atoms with E-state index in [-0.39, 0.29) is 11.6 Å². The molecule has 1 fully saturated rings. The molecular weight excluding hydrogens is 373 g/mol. The molecule has 9 heteroatoms. The van der Waals surface area contributed by atoms with Crippen LogP contribution in [0, 0.1) is 11.7 Å². The Morgan fingerprint density at radius 3 is 3.00 bits per heavy atom. The SMILES string of the molecule is O=C(O)CNCC1CCCN(c2cc(Nc3ccc(F)c(Cl)c3)ncn2)C1. The Kier molecular flexibility index (Phi) is 6.41. The number of hydrogen-bond acceptors (Lipinski definition) is 6. The molecule has 1 aliphatic rings. The topological polar surface area (TPSA) is 90.4 Å². The van der Waals surface area contributed by atoms with Gasteiger partial charge in [-0.05, 0) is 37.0 Å². The van der Waals surface area contributed by atoms with E-state index in [1.54, 1.807) is 6.07 Å². The predicted octanol–water partition coefficient (Wildman–Crippen LogP) is 2.90. The van der Waals surface area contributed by atoms with E-state index in [9.17, 15) is 9.18 Å². The number of hydrogen-bond donors (Lipinski definition) is 3. The van der Waals surface area contributed by atoms with Gasteiger partial charge in [0.1, 0.15) is 23.8 Å². The molecule has 0 aliphatic carbocycles. The Labute approximate surface area is 161 Å². The maximum absolute atomic E-state index is 13.3. The highest BCUT2D eigenvalue weighted by Crippen LogP contribution is 2.25. The highest BCUT2D eigenvalue weighted by atomic mass is 35.5. The maximum atomic E-state index is 13.3. The molecule has 0 bridgehead atoms. The van der Waals surface area contributed by atoms with Gasteiger partial charge < -0.3 is 20.6 Å². The summed E-state index contributed by atoms with van der Waals surface area (Å²) in [5.74, 6) is 0.425. The first-order valence-corrected chi connectivity index (χ1v) is 9.10. The minimum atomic E-state index is -0.852. The summed E-state index contributed by atoms with van der Waals surface area (Å²) in [5.41, 5.74) is 0.639. The first-order chi connectivity index (χ1) is 13.0. The first-order valence-electron chi connectivity index (χ1n) is 8.73. The van der Waals surface area contributed by atoms with Gasteiger partial charge >= 0.3 is 5.97 Å². The molecule has 0 amide bonds. The van der Waals surface area contributed by atoms with Gasteiger partial charge in [-0.3, -0.25) is 4.79 Å². The van der Waals surface area contributed by atoms with Crippen molar-refractivity contribution in [1.82, 2.24) is 15.3 Å². The number of rotatable bonds is 7. The summed E-state index contributed by atoms with van der Waals surface area (Å²) in [4.78, 5) is 21.4. The second kappa shape index (κ2) is 8.96. The second-order valence-corrected chi connectivity index (χ2v) is 6.90. The van der Waals surface area contributed by atoms with E-state index in [1.807, 2.05) is 6.07 Å². The van der Waals surface area contributed by atoms with Crippen molar-refractivity contribution >= 4 is 34.9 Å². The van der Waals surface area contributed by atoms with E-state index in [0.717, 1.165) is 31.7 Å². The standard InChI is InChI=1S/C18H21ClFN5O2/c19-14-6-13(3-4-15(14)20)24-16-7-17(23-11-22-16)25-5-1-2-12(10-25)8-21-9-18(26)27/h3-4,6-7,11-12,21H,1-2,5,8-10H2,(H,26,27)(H,22,23,24). The molecule has 0 spiro atoms. The molecule has 0 radical (unpaired) electrons.